The van der Waals surface area contributed by atoms with Crippen LogP contribution in [0.4, 0.5) is 5.82 Å². The van der Waals surface area contributed by atoms with Crippen LogP contribution in [0.15, 0.2) is 24.4 Å². The molecule has 0 fully saturated rings. The minimum absolute atomic E-state index is 0.307. The van der Waals surface area contributed by atoms with Crippen LogP contribution >= 0.6 is 0 Å². The number of anilines is 1. The van der Waals surface area contributed by atoms with Crippen molar-refractivity contribution >= 4 is 5.82 Å². The van der Waals surface area contributed by atoms with Gasteiger partial charge < -0.3 is 14.8 Å². The molecule has 21 heavy (non-hydrogen) atoms. The van der Waals surface area contributed by atoms with Gasteiger partial charge in [-0.15, -0.1) is 0 Å². The van der Waals surface area contributed by atoms with Crippen molar-refractivity contribution in [3.8, 4) is 22.9 Å². The lowest BCUT2D eigenvalue weighted by Gasteiger charge is -2.14. The first kappa shape index (κ1) is 15.1. The van der Waals surface area contributed by atoms with Gasteiger partial charge in [-0.1, -0.05) is 0 Å². The number of nitrogens with one attached hydrogen (secondary N) is 1. The summed E-state index contributed by atoms with van der Waals surface area (Å²) in [4.78, 5) is 8.91. The fraction of sp³-hybridized carbons (Fsp3) is 0.375. The third kappa shape index (κ3) is 3.42. The van der Waals surface area contributed by atoms with Crippen LogP contribution in [-0.4, -0.2) is 30.2 Å². The van der Waals surface area contributed by atoms with E-state index in [0.717, 1.165) is 16.9 Å². The molecule has 0 aliphatic heterocycles. The lowest BCUT2D eigenvalue weighted by atomic mass is 10.1. The largest absolute Gasteiger partial charge is 0.493 e. The summed E-state index contributed by atoms with van der Waals surface area (Å²) in [5.74, 6) is 2.72. The molecule has 1 aromatic carbocycles. The molecule has 2 rings (SSSR count). The van der Waals surface area contributed by atoms with Crippen molar-refractivity contribution < 1.29 is 9.47 Å². The fourth-order valence-corrected chi connectivity index (χ4v) is 2.13. The van der Waals surface area contributed by atoms with Gasteiger partial charge in [-0.25, -0.2) is 9.97 Å². The maximum atomic E-state index is 5.47. The zero-order valence-electron chi connectivity index (χ0n) is 13.1. The molecule has 2 aromatic rings. The van der Waals surface area contributed by atoms with E-state index >= 15 is 0 Å². The Labute approximate surface area is 125 Å². The van der Waals surface area contributed by atoms with E-state index in [-0.39, 0.29) is 0 Å². The van der Waals surface area contributed by atoms with E-state index in [1.807, 2.05) is 25.1 Å². The molecule has 0 atom stereocenters. The second-order valence-electron chi connectivity index (χ2n) is 5.11. The number of hydrogen-bond acceptors (Lipinski definition) is 5. The molecule has 0 amide bonds. The summed E-state index contributed by atoms with van der Waals surface area (Å²) >= 11 is 0. The highest BCUT2D eigenvalue weighted by Crippen LogP contribution is 2.37. The van der Waals surface area contributed by atoms with Crippen molar-refractivity contribution in [2.45, 2.75) is 26.8 Å². The predicted octanol–water partition coefficient (Wildman–Crippen LogP) is 3.29. The Morgan fingerprint density at radius 3 is 2.52 bits per heavy atom. The number of hydrogen-bond donors (Lipinski definition) is 1. The number of nitrogens with zero attached hydrogens (tertiary/aromatic N) is 2. The van der Waals surface area contributed by atoms with E-state index in [9.17, 15) is 0 Å². The lowest BCUT2D eigenvalue weighted by Crippen LogP contribution is -2.11. The minimum atomic E-state index is 0.307. The molecule has 5 heteroatoms. The fourth-order valence-electron chi connectivity index (χ4n) is 2.13. The smallest absolute Gasteiger partial charge is 0.171 e. The Morgan fingerprint density at radius 2 is 1.90 bits per heavy atom. The Balaban J connectivity index is 2.53. The van der Waals surface area contributed by atoms with Crippen molar-refractivity contribution in [3.05, 3.63) is 30.0 Å². The van der Waals surface area contributed by atoms with Crippen LogP contribution in [0.25, 0.3) is 11.4 Å². The quantitative estimate of drug-likeness (QED) is 0.914. The molecular weight excluding hydrogens is 266 g/mol. The zero-order chi connectivity index (χ0) is 15.4. The van der Waals surface area contributed by atoms with E-state index in [4.69, 9.17) is 9.47 Å². The van der Waals surface area contributed by atoms with Gasteiger partial charge in [-0.3, -0.25) is 0 Å². The minimum Gasteiger partial charge on any atom is -0.493 e. The number of methoxy groups -OCH3 is 2. The summed E-state index contributed by atoms with van der Waals surface area (Å²) in [5.41, 5.74) is 1.88. The van der Waals surface area contributed by atoms with E-state index < -0.39 is 0 Å². The number of aromatic nitrogens is 2. The average molecular weight is 287 g/mol. The molecule has 1 N–H and O–H groups in total. The molecular formula is C16H21N3O2. The van der Waals surface area contributed by atoms with Crippen LogP contribution in [-0.2, 0) is 0 Å². The van der Waals surface area contributed by atoms with Gasteiger partial charge in [0.05, 0.1) is 19.8 Å². The summed E-state index contributed by atoms with van der Waals surface area (Å²) in [7, 11) is 3.24. The van der Waals surface area contributed by atoms with E-state index in [0.29, 0.717) is 23.4 Å². The van der Waals surface area contributed by atoms with Crippen LogP contribution in [0.2, 0.25) is 0 Å². The van der Waals surface area contributed by atoms with Gasteiger partial charge in [-0.2, -0.15) is 0 Å². The van der Waals surface area contributed by atoms with Gasteiger partial charge in [0.25, 0.3) is 0 Å². The van der Waals surface area contributed by atoms with Crippen LogP contribution < -0.4 is 14.8 Å². The van der Waals surface area contributed by atoms with Crippen LogP contribution in [0.3, 0.4) is 0 Å². The second-order valence-corrected chi connectivity index (χ2v) is 5.11. The monoisotopic (exact) mass is 287 g/mol. The molecule has 0 radical (unpaired) electrons. The standard InChI is InChI=1S/C16H21N3O2/c1-10(2)18-14-6-7-17-16(19-14)12-8-11(3)9-13(20-4)15(12)21-5/h6-10H,1-5H3,(H,17,18,19). The van der Waals surface area contributed by atoms with Crippen molar-refractivity contribution in [2.75, 3.05) is 19.5 Å². The molecule has 0 unspecified atom stereocenters. The summed E-state index contributed by atoms with van der Waals surface area (Å²) in [6.45, 7) is 6.14. The summed E-state index contributed by atoms with van der Waals surface area (Å²) < 4.78 is 10.9. The SMILES string of the molecule is COc1cc(C)cc(-c2nccc(NC(C)C)n2)c1OC. The summed E-state index contributed by atoms with van der Waals surface area (Å²) in [6, 6.07) is 6.08. The second kappa shape index (κ2) is 6.43. The van der Waals surface area contributed by atoms with Gasteiger partial charge in [0, 0.05) is 12.2 Å². The molecule has 1 aromatic heterocycles. The molecule has 112 valence electrons. The molecule has 0 saturated carbocycles. The summed E-state index contributed by atoms with van der Waals surface area (Å²) in [6.07, 6.45) is 1.74. The van der Waals surface area contributed by atoms with Gasteiger partial charge in [0.1, 0.15) is 5.82 Å². The predicted molar refractivity (Wildman–Crippen MR) is 84.1 cm³/mol. The van der Waals surface area contributed by atoms with Crippen molar-refractivity contribution in [1.29, 1.82) is 0 Å². The Hall–Kier alpha value is -2.30. The molecule has 0 spiro atoms. The normalized spacial score (nSPS) is 10.6. The highest BCUT2D eigenvalue weighted by Gasteiger charge is 2.15. The Kier molecular flexibility index (Phi) is 4.62. The average Bonchev–Trinajstić information content (AvgIpc) is 2.45. The molecule has 0 aliphatic rings. The number of ether oxygens (including phenoxy) is 2. The van der Waals surface area contributed by atoms with E-state index in [1.165, 1.54) is 0 Å². The van der Waals surface area contributed by atoms with Gasteiger partial charge in [0.15, 0.2) is 17.3 Å². The van der Waals surface area contributed by atoms with Crippen LogP contribution in [0.5, 0.6) is 11.5 Å². The van der Waals surface area contributed by atoms with Crippen molar-refractivity contribution in [3.63, 3.8) is 0 Å². The number of benzene rings is 1. The van der Waals surface area contributed by atoms with E-state index in [1.54, 1.807) is 20.4 Å². The van der Waals surface area contributed by atoms with E-state index in [2.05, 4.69) is 29.1 Å². The zero-order valence-corrected chi connectivity index (χ0v) is 13.1. The molecule has 1 heterocycles. The Morgan fingerprint density at radius 1 is 1.14 bits per heavy atom. The maximum Gasteiger partial charge on any atom is 0.171 e. The molecule has 0 aliphatic carbocycles. The molecule has 0 saturated heterocycles. The van der Waals surface area contributed by atoms with Crippen molar-refractivity contribution in [2.24, 2.45) is 0 Å². The molecule has 5 nitrogen and oxygen atoms in total. The van der Waals surface area contributed by atoms with Gasteiger partial charge in [0.2, 0.25) is 0 Å². The number of aryl methyl sites for hydroxylation is 1. The highest BCUT2D eigenvalue weighted by atomic mass is 16.5. The first-order valence-electron chi connectivity index (χ1n) is 6.87. The van der Waals surface area contributed by atoms with Crippen LogP contribution in [0.1, 0.15) is 19.4 Å². The summed E-state index contributed by atoms with van der Waals surface area (Å²) in [5, 5.41) is 3.27. The van der Waals surface area contributed by atoms with Crippen molar-refractivity contribution in [1.82, 2.24) is 9.97 Å². The van der Waals surface area contributed by atoms with Crippen LogP contribution in [0, 0.1) is 6.92 Å². The first-order chi connectivity index (χ1) is 10.0. The number of rotatable bonds is 5. The highest BCUT2D eigenvalue weighted by molar-refractivity contribution is 5.70. The third-order valence-electron chi connectivity index (χ3n) is 2.96. The topological polar surface area (TPSA) is 56.3 Å². The first-order valence-corrected chi connectivity index (χ1v) is 6.87. The Bertz CT molecular complexity index is 627. The van der Waals surface area contributed by atoms with Gasteiger partial charge in [-0.05, 0) is 44.5 Å². The lowest BCUT2D eigenvalue weighted by molar-refractivity contribution is 0.355. The van der Waals surface area contributed by atoms with Gasteiger partial charge >= 0.3 is 0 Å². The third-order valence-corrected chi connectivity index (χ3v) is 2.96. The maximum absolute atomic E-state index is 5.47. The molecule has 0 bridgehead atoms.